The van der Waals surface area contributed by atoms with Crippen molar-refractivity contribution in [2.45, 2.75) is 185 Å². The molecule has 13 rings (SSSR count). The Morgan fingerprint density at radius 1 is 0.360 bits per heavy atom. The lowest BCUT2D eigenvalue weighted by Crippen LogP contribution is -2.61. The molecule has 3 nitrogen and oxygen atoms in total. The molecule has 0 saturated carbocycles. The molecule has 0 bridgehead atoms. The van der Waals surface area contributed by atoms with Gasteiger partial charge < -0.3 is 0 Å². The van der Waals surface area contributed by atoms with Gasteiger partial charge in [-0.1, -0.05) is 205 Å². The molecule has 0 spiro atoms. The third kappa shape index (κ3) is 6.80. The second kappa shape index (κ2) is 14.7. The maximum absolute atomic E-state index is 2.88. The highest BCUT2D eigenvalue weighted by atomic mass is 15.2. The molecular weight excluding hydrogens is 904 g/mol. The van der Waals surface area contributed by atoms with Crippen molar-refractivity contribution in [1.82, 2.24) is 13.4 Å². The van der Waals surface area contributed by atoms with Gasteiger partial charge in [-0.3, -0.25) is 13.4 Å². The van der Waals surface area contributed by atoms with Crippen LogP contribution in [0.25, 0.3) is 72.1 Å². The second-order valence-corrected chi connectivity index (χ2v) is 31.6. The van der Waals surface area contributed by atoms with Gasteiger partial charge >= 0.3 is 0 Å². The molecule has 75 heavy (non-hydrogen) atoms. The van der Waals surface area contributed by atoms with Crippen LogP contribution < -0.4 is 32.8 Å². The Balaban J connectivity index is 1.39. The van der Waals surface area contributed by atoms with Crippen LogP contribution in [0, 0.1) is 10.8 Å². The van der Waals surface area contributed by atoms with Crippen molar-refractivity contribution >= 4 is 90.3 Å². The predicted molar refractivity (Wildman–Crippen MR) is 329 cm³/mol. The highest BCUT2D eigenvalue weighted by Crippen LogP contribution is 2.49. The van der Waals surface area contributed by atoms with Crippen molar-refractivity contribution in [3.05, 3.63) is 124 Å². The molecule has 0 N–H and O–H groups in total. The van der Waals surface area contributed by atoms with Crippen molar-refractivity contribution in [3.63, 3.8) is 0 Å². The van der Waals surface area contributed by atoms with Gasteiger partial charge in [0.05, 0.1) is 22.1 Å². The number of hydrogen-bond acceptors (Lipinski definition) is 0. The summed E-state index contributed by atoms with van der Waals surface area (Å²) < 4.78 is 8.44. The summed E-state index contributed by atoms with van der Waals surface area (Å²) in [5, 5.41) is 2.76. The molecule has 7 heterocycles. The zero-order valence-corrected chi connectivity index (χ0v) is 49.5. The van der Waals surface area contributed by atoms with Crippen molar-refractivity contribution in [1.29, 1.82) is 0 Å². The first-order valence-electron chi connectivity index (χ1n) is 28.5. The number of rotatable bonds is 2. The van der Waals surface area contributed by atoms with E-state index < -0.39 is 0 Å². The second-order valence-electron chi connectivity index (χ2n) is 31.6. The lowest BCUT2D eigenvalue weighted by atomic mass is 9.33. The number of fused-ring (bicyclic) bond motifs is 17. The smallest absolute Gasteiger partial charge is 0.251 e. The first-order valence-corrected chi connectivity index (χ1v) is 28.5. The average molecular weight is 986 g/mol. The molecule has 0 saturated heterocycles. The summed E-state index contributed by atoms with van der Waals surface area (Å²) in [7, 11) is 0. The Hall–Kier alpha value is -5.67. The van der Waals surface area contributed by atoms with Crippen molar-refractivity contribution in [2.24, 2.45) is 10.8 Å². The SMILES string of the molecule is CC(C)(C)Cc1cc2c(cc1CC(C)(C)C)n1c3ccc(C(C)(C)C)cc3c3c1n1c4c(c5cc(C(C)(C)C)ccc5n24)B2c4ccc(C(C)(C)C)cc4-c4c2c-1c1c(c4C(C)(C)C)-c2cc(C(C)(C)C)ccc2B13. The van der Waals surface area contributed by atoms with Crippen LogP contribution in [0.3, 0.4) is 0 Å². The molecular formula is C70H81B2N3. The van der Waals surface area contributed by atoms with Crippen LogP contribution in [-0.4, -0.2) is 26.8 Å². The van der Waals surface area contributed by atoms with Gasteiger partial charge in [-0.05, 0) is 181 Å². The lowest BCUT2D eigenvalue weighted by molar-refractivity contribution is 0.392. The van der Waals surface area contributed by atoms with E-state index in [1.165, 1.54) is 144 Å². The molecule has 0 amide bonds. The van der Waals surface area contributed by atoms with Crippen molar-refractivity contribution < 1.29 is 0 Å². The molecule has 0 atom stereocenters. The van der Waals surface area contributed by atoms with E-state index >= 15 is 0 Å². The van der Waals surface area contributed by atoms with Crippen molar-refractivity contribution in [3.8, 4) is 27.9 Å². The Morgan fingerprint density at radius 3 is 1.04 bits per heavy atom. The number of aromatic nitrogens is 3. The van der Waals surface area contributed by atoms with Crippen LogP contribution in [0.2, 0.25) is 0 Å². The van der Waals surface area contributed by atoms with Crippen LogP contribution in [0.5, 0.6) is 0 Å². The maximum atomic E-state index is 2.88. The minimum Gasteiger partial charge on any atom is -0.294 e. The number of hydrogen-bond donors (Lipinski definition) is 0. The van der Waals surface area contributed by atoms with Gasteiger partial charge in [-0.2, -0.15) is 0 Å². The summed E-state index contributed by atoms with van der Waals surface area (Å²) in [5.41, 5.74) is 33.9. The first kappa shape index (κ1) is 48.9. The van der Waals surface area contributed by atoms with E-state index in [4.69, 9.17) is 0 Å². The topological polar surface area (TPSA) is 13.8 Å². The van der Waals surface area contributed by atoms with Gasteiger partial charge in [0, 0.05) is 5.69 Å². The third-order valence-electron chi connectivity index (χ3n) is 18.0. The number of benzene rings is 6. The van der Waals surface area contributed by atoms with Gasteiger partial charge in [0.15, 0.2) is 0 Å². The Morgan fingerprint density at radius 2 is 0.707 bits per heavy atom. The fourth-order valence-corrected chi connectivity index (χ4v) is 14.6. The normalized spacial score (nSPS) is 15.1. The molecule has 0 aliphatic carbocycles. The van der Waals surface area contributed by atoms with Gasteiger partial charge in [0.2, 0.25) is 0 Å². The molecule has 3 aromatic heterocycles. The molecule has 0 unspecified atom stereocenters. The van der Waals surface area contributed by atoms with E-state index in [1.54, 1.807) is 0 Å². The fourth-order valence-electron chi connectivity index (χ4n) is 14.6. The number of nitrogens with zero attached hydrogens (tertiary/aromatic N) is 3. The fraction of sp³-hybridized carbons (Fsp3) is 0.429. The Bertz CT molecular complexity index is 3840. The highest BCUT2D eigenvalue weighted by molar-refractivity contribution is 7.06. The van der Waals surface area contributed by atoms with E-state index in [-0.39, 0.29) is 51.3 Å². The molecule has 0 radical (unpaired) electrons. The minimum atomic E-state index is -0.173. The minimum absolute atomic E-state index is 0.0165. The molecule has 9 aromatic rings. The van der Waals surface area contributed by atoms with Gasteiger partial charge in [0.25, 0.3) is 13.4 Å². The van der Waals surface area contributed by atoms with Gasteiger partial charge in [-0.25, -0.2) is 0 Å². The lowest BCUT2D eigenvalue weighted by Gasteiger charge is -2.35. The largest absolute Gasteiger partial charge is 0.294 e. The monoisotopic (exact) mass is 986 g/mol. The highest BCUT2D eigenvalue weighted by Gasteiger charge is 2.54. The molecule has 4 aliphatic rings. The van der Waals surface area contributed by atoms with E-state index in [9.17, 15) is 0 Å². The van der Waals surface area contributed by atoms with Gasteiger partial charge in [0.1, 0.15) is 11.3 Å². The average Bonchev–Trinajstić information content (AvgIpc) is 4.20. The van der Waals surface area contributed by atoms with Crippen LogP contribution in [0.4, 0.5) is 0 Å². The molecule has 5 heteroatoms. The summed E-state index contributed by atoms with van der Waals surface area (Å²) in [6.07, 6.45) is 2.00. The van der Waals surface area contributed by atoms with Crippen LogP contribution in [0.15, 0.2) is 84.9 Å². The maximum Gasteiger partial charge on any atom is 0.251 e. The summed E-state index contributed by atoms with van der Waals surface area (Å²) in [5.74, 6) is 0. The van der Waals surface area contributed by atoms with E-state index in [1.807, 2.05) is 0 Å². The summed E-state index contributed by atoms with van der Waals surface area (Å²) >= 11 is 0. The van der Waals surface area contributed by atoms with E-state index in [2.05, 4.69) is 244 Å². The third-order valence-corrected chi connectivity index (χ3v) is 18.0. The Kier molecular flexibility index (Phi) is 9.57. The summed E-state index contributed by atoms with van der Waals surface area (Å²) in [6, 6.07) is 35.8. The molecule has 6 aromatic carbocycles. The van der Waals surface area contributed by atoms with Crippen LogP contribution in [-0.2, 0) is 39.9 Å². The van der Waals surface area contributed by atoms with Crippen molar-refractivity contribution in [2.75, 3.05) is 0 Å². The summed E-state index contributed by atoms with van der Waals surface area (Å²) in [4.78, 5) is 0. The predicted octanol–water partition coefficient (Wildman–Crippen LogP) is 14.3. The van der Waals surface area contributed by atoms with E-state index in [0.29, 0.717) is 0 Å². The summed E-state index contributed by atoms with van der Waals surface area (Å²) in [6.45, 7) is 50.8. The van der Waals surface area contributed by atoms with Gasteiger partial charge in [-0.15, -0.1) is 0 Å². The van der Waals surface area contributed by atoms with Crippen LogP contribution >= 0.6 is 0 Å². The zero-order valence-electron chi connectivity index (χ0n) is 49.5. The zero-order chi connectivity index (χ0) is 53.7. The van der Waals surface area contributed by atoms with E-state index in [0.717, 1.165) is 12.8 Å². The first-order chi connectivity index (χ1) is 34.6. The Labute approximate surface area is 449 Å². The molecule has 382 valence electrons. The molecule has 4 aliphatic heterocycles. The quantitative estimate of drug-likeness (QED) is 0.153. The molecule has 0 fully saturated rings. The standard InChI is InChI=1S/C70H81B2N3/c1-64(2,3)36-38-30-52-53(31-39(38)37-65(4,5)6)74-51-29-25-43(69(16,17)18)35-47(51)58-63(74)75-61-59-54(56(70(19,20)21)55-45-33-41(67(10,11)12)23-27-49(45)72(58)60(55)61)44-32-40(66(7,8)9)22-26-48(44)71(59)57-46-34-42(68(13,14)15)24-28-50(46)73(52)62(57)75/h22-35H,36-37H2,1-21H3. The van der Waals surface area contributed by atoms with Crippen LogP contribution in [0.1, 0.15) is 184 Å².